The average molecular weight is 435 g/mol. The molecule has 1 aliphatic heterocycles. The summed E-state index contributed by atoms with van der Waals surface area (Å²) in [5.74, 6) is 2.15. The number of pyridine rings is 1. The van der Waals surface area contributed by atoms with Crippen molar-refractivity contribution >= 4 is 22.4 Å². The monoisotopic (exact) mass is 434 g/mol. The fraction of sp³-hybridized carbons (Fsp3) is 0.435. The second kappa shape index (κ2) is 7.46. The van der Waals surface area contributed by atoms with Gasteiger partial charge in [-0.2, -0.15) is 0 Å². The van der Waals surface area contributed by atoms with Gasteiger partial charge in [0.1, 0.15) is 23.2 Å². The lowest BCUT2D eigenvalue weighted by Crippen LogP contribution is -2.45. The van der Waals surface area contributed by atoms with Crippen LogP contribution in [0.15, 0.2) is 41.1 Å². The molecule has 1 aliphatic carbocycles. The molecule has 0 unspecified atom stereocenters. The smallest absolute Gasteiger partial charge is 0.232 e. The lowest BCUT2D eigenvalue weighted by molar-refractivity contribution is -0.00536. The van der Waals surface area contributed by atoms with Crippen LogP contribution < -0.4 is 15.4 Å². The molecule has 2 aliphatic rings. The summed E-state index contributed by atoms with van der Waals surface area (Å²) in [4.78, 5) is 11.4. The van der Waals surface area contributed by atoms with Crippen LogP contribution >= 0.6 is 0 Å². The van der Waals surface area contributed by atoms with Crippen LogP contribution in [0.1, 0.15) is 26.7 Å². The van der Waals surface area contributed by atoms with Gasteiger partial charge in [0.25, 0.3) is 0 Å². The van der Waals surface area contributed by atoms with Crippen molar-refractivity contribution in [3.05, 3.63) is 36.7 Å². The average Bonchev–Trinajstić information content (AvgIpc) is 3.35. The van der Waals surface area contributed by atoms with Crippen LogP contribution in [0.5, 0.6) is 5.88 Å². The SMILES string of the molecule is C[C@@H]1CN(c2nccc3oc(-c4cnc5ccc(OC6CC(N)C6)nn45)cc23)C[C@H](C)O1. The molecule has 6 rings (SSSR count). The van der Waals surface area contributed by atoms with E-state index >= 15 is 0 Å². The number of anilines is 1. The van der Waals surface area contributed by atoms with Crippen LogP contribution in [-0.4, -0.2) is 57.0 Å². The molecule has 2 fully saturated rings. The van der Waals surface area contributed by atoms with Crippen LogP contribution in [-0.2, 0) is 4.74 Å². The number of ether oxygens (including phenoxy) is 2. The first-order chi connectivity index (χ1) is 15.5. The van der Waals surface area contributed by atoms with Gasteiger partial charge in [0, 0.05) is 31.4 Å². The van der Waals surface area contributed by atoms with E-state index < -0.39 is 0 Å². The maximum Gasteiger partial charge on any atom is 0.232 e. The van der Waals surface area contributed by atoms with Gasteiger partial charge in [-0.15, -0.1) is 5.10 Å². The highest BCUT2D eigenvalue weighted by atomic mass is 16.5. The van der Waals surface area contributed by atoms with Crippen molar-refractivity contribution in [2.24, 2.45) is 5.73 Å². The van der Waals surface area contributed by atoms with Crippen molar-refractivity contribution in [2.75, 3.05) is 18.0 Å². The van der Waals surface area contributed by atoms with Crippen molar-refractivity contribution < 1.29 is 13.9 Å². The highest BCUT2D eigenvalue weighted by Gasteiger charge is 2.28. The molecule has 166 valence electrons. The number of nitrogens with zero attached hydrogens (tertiary/aromatic N) is 5. The fourth-order valence-electron chi connectivity index (χ4n) is 4.64. The number of morpholine rings is 1. The van der Waals surface area contributed by atoms with Crippen LogP contribution in [0.25, 0.3) is 28.1 Å². The molecule has 0 spiro atoms. The standard InChI is InChI=1S/C23H26N6O3/c1-13-11-28(12-14(2)30-13)23-17-9-20(32-19(17)5-6-25-23)18-10-26-21-3-4-22(27-29(18)21)31-16-7-15(24)8-16/h3-6,9-10,13-16H,7-8,11-12,24H2,1-2H3/t13-,14+,15?,16?. The number of hydrogen-bond donors (Lipinski definition) is 1. The number of hydrogen-bond acceptors (Lipinski definition) is 8. The lowest BCUT2D eigenvalue weighted by atomic mass is 9.90. The molecule has 5 heterocycles. The summed E-state index contributed by atoms with van der Waals surface area (Å²) in [6.45, 7) is 5.76. The zero-order valence-corrected chi connectivity index (χ0v) is 18.1. The maximum absolute atomic E-state index is 6.22. The minimum atomic E-state index is 0.125. The zero-order valence-electron chi connectivity index (χ0n) is 18.1. The minimum Gasteiger partial charge on any atom is -0.473 e. The molecule has 0 bridgehead atoms. The first-order valence-electron chi connectivity index (χ1n) is 11.1. The van der Waals surface area contributed by atoms with Gasteiger partial charge in [0.15, 0.2) is 11.4 Å². The van der Waals surface area contributed by atoms with Gasteiger partial charge in [-0.3, -0.25) is 0 Å². The van der Waals surface area contributed by atoms with Gasteiger partial charge in [-0.05, 0) is 44.9 Å². The van der Waals surface area contributed by atoms with Gasteiger partial charge >= 0.3 is 0 Å². The van der Waals surface area contributed by atoms with E-state index in [1.54, 1.807) is 16.9 Å². The van der Waals surface area contributed by atoms with Gasteiger partial charge in [-0.1, -0.05) is 0 Å². The third kappa shape index (κ3) is 3.37. The summed E-state index contributed by atoms with van der Waals surface area (Å²) in [5.41, 5.74) is 8.15. The number of rotatable bonds is 4. The van der Waals surface area contributed by atoms with E-state index in [1.165, 1.54) is 0 Å². The van der Waals surface area contributed by atoms with E-state index in [0.29, 0.717) is 11.6 Å². The first kappa shape index (κ1) is 19.5. The number of furan rings is 1. The summed E-state index contributed by atoms with van der Waals surface area (Å²) in [5, 5.41) is 5.62. The number of aromatic nitrogens is 4. The second-order valence-electron chi connectivity index (χ2n) is 8.88. The molecule has 4 aromatic rings. The summed E-state index contributed by atoms with van der Waals surface area (Å²) in [7, 11) is 0. The number of imidazole rings is 1. The molecule has 4 aromatic heterocycles. The van der Waals surface area contributed by atoms with E-state index in [0.717, 1.165) is 54.1 Å². The van der Waals surface area contributed by atoms with Gasteiger partial charge in [0.05, 0.1) is 23.8 Å². The molecular formula is C23H26N6O3. The number of nitrogens with two attached hydrogens (primary N) is 1. The summed E-state index contributed by atoms with van der Waals surface area (Å²) in [6.07, 6.45) is 5.69. The second-order valence-corrected chi connectivity index (χ2v) is 8.88. The number of fused-ring (bicyclic) bond motifs is 2. The Hall–Kier alpha value is -3.17. The largest absolute Gasteiger partial charge is 0.473 e. The van der Waals surface area contributed by atoms with E-state index in [2.05, 4.69) is 33.8 Å². The summed E-state index contributed by atoms with van der Waals surface area (Å²) >= 11 is 0. The third-order valence-electron chi connectivity index (χ3n) is 6.15. The zero-order chi connectivity index (χ0) is 21.8. The molecule has 1 saturated carbocycles. The Labute approximate surface area is 185 Å². The minimum absolute atomic E-state index is 0.125. The predicted molar refractivity (Wildman–Crippen MR) is 120 cm³/mol. The molecule has 1 saturated heterocycles. The normalized spacial score (nSPS) is 25.9. The first-order valence-corrected chi connectivity index (χ1v) is 11.1. The van der Waals surface area contributed by atoms with E-state index in [9.17, 15) is 0 Å². The van der Waals surface area contributed by atoms with Gasteiger partial charge in [0.2, 0.25) is 5.88 Å². The van der Waals surface area contributed by atoms with E-state index in [-0.39, 0.29) is 24.4 Å². The van der Waals surface area contributed by atoms with Crippen LogP contribution in [0.3, 0.4) is 0 Å². The van der Waals surface area contributed by atoms with Crippen molar-refractivity contribution in [2.45, 2.75) is 51.0 Å². The Kier molecular flexibility index (Phi) is 4.55. The molecule has 0 amide bonds. The maximum atomic E-state index is 6.22. The Morgan fingerprint density at radius 3 is 2.69 bits per heavy atom. The molecule has 9 heteroatoms. The Morgan fingerprint density at radius 2 is 1.91 bits per heavy atom. The molecule has 2 atom stereocenters. The highest BCUT2D eigenvalue weighted by molar-refractivity contribution is 5.92. The molecule has 0 radical (unpaired) electrons. The van der Waals surface area contributed by atoms with E-state index in [1.807, 2.05) is 24.3 Å². The van der Waals surface area contributed by atoms with Crippen molar-refractivity contribution in [1.82, 2.24) is 19.6 Å². The summed E-state index contributed by atoms with van der Waals surface area (Å²) in [6, 6.07) is 7.88. The van der Waals surface area contributed by atoms with Gasteiger partial charge < -0.3 is 24.5 Å². The summed E-state index contributed by atoms with van der Waals surface area (Å²) < 4.78 is 19.8. The molecule has 32 heavy (non-hydrogen) atoms. The lowest BCUT2D eigenvalue weighted by Gasteiger charge is -2.36. The molecule has 9 nitrogen and oxygen atoms in total. The van der Waals surface area contributed by atoms with E-state index in [4.69, 9.17) is 19.6 Å². The molecular weight excluding hydrogens is 408 g/mol. The fourth-order valence-corrected chi connectivity index (χ4v) is 4.64. The highest BCUT2D eigenvalue weighted by Crippen LogP contribution is 2.34. The Balaban J connectivity index is 1.37. The Morgan fingerprint density at radius 1 is 1.09 bits per heavy atom. The topological polar surface area (TPSA) is 104 Å². The molecule has 2 N–H and O–H groups in total. The van der Waals surface area contributed by atoms with Crippen molar-refractivity contribution in [3.8, 4) is 17.3 Å². The van der Waals surface area contributed by atoms with Gasteiger partial charge in [-0.25, -0.2) is 14.5 Å². The van der Waals surface area contributed by atoms with Crippen molar-refractivity contribution in [3.63, 3.8) is 0 Å². The van der Waals surface area contributed by atoms with Crippen LogP contribution in [0.4, 0.5) is 5.82 Å². The predicted octanol–water partition coefficient (Wildman–Crippen LogP) is 3.02. The van der Waals surface area contributed by atoms with Crippen LogP contribution in [0, 0.1) is 0 Å². The Bertz CT molecular complexity index is 1270. The van der Waals surface area contributed by atoms with Crippen molar-refractivity contribution in [1.29, 1.82) is 0 Å². The quantitative estimate of drug-likeness (QED) is 0.523. The van der Waals surface area contributed by atoms with Crippen LogP contribution in [0.2, 0.25) is 0 Å². The molecule has 0 aromatic carbocycles. The third-order valence-corrected chi connectivity index (χ3v) is 6.15.